The molecule has 0 aliphatic carbocycles. The van der Waals surface area contributed by atoms with Crippen LogP contribution in [0.4, 0.5) is 5.69 Å². The Labute approximate surface area is 114 Å². The normalized spacial score (nSPS) is 10.9. The van der Waals surface area contributed by atoms with Gasteiger partial charge in [0.15, 0.2) is 10.8 Å². The largest absolute Gasteiger partial charge is 0.476 e. The van der Waals surface area contributed by atoms with Crippen molar-refractivity contribution < 1.29 is 19.5 Å². The average Bonchev–Trinajstić information content (AvgIpc) is 2.27. The number of anilines is 1. The summed E-state index contributed by atoms with van der Waals surface area (Å²) >= 11 is 0.880. The van der Waals surface area contributed by atoms with Crippen molar-refractivity contribution in [3.05, 3.63) is 24.0 Å². The van der Waals surface area contributed by atoms with Crippen molar-refractivity contribution in [2.24, 2.45) is 0 Å². The molecule has 0 unspecified atom stereocenters. The van der Waals surface area contributed by atoms with E-state index in [4.69, 9.17) is 5.11 Å². The van der Waals surface area contributed by atoms with Gasteiger partial charge in [-0.3, -0.25) is 9.59 Å². The van der Waals surface area contributed by atoms with E-state index in [0.29, 0.717) is 0 Å². The maximum absolute atomic E-state index is 12.0. The summed E-state index contributed by atoms with van der Waals surface area (Å²) in [5.41, 5.74) is -0.128. The number of nitrogens with one attached hydrogen (secondary N) is 1. The highest BCUT2D eigenvalue weighted by Gasteiger charge is 2.31. The van der Waals surface area contributed by atoms with Gasteiger partial charge >= 0.3 is 5.97 Å². The molecule has 1 amide bonds. The molecule has 0 bridgehead atoms. The van der Waals surface area contributed by atoms with Crippen LogP contribution in [0.1, 0.15) is 31.3 Å². The van der Waals surface area contributed by atoms with Crippen LogP contribution in [-0.4, -0.2) is 31.8 Å². The number of nitrogens with zero attached hydrogens (tertiary/aromatic N) is 1. The summed E-state index contributed by atoms with van der Waals surface area (Å²) in [5, 5.41) is 11.2. The van der Waals surface area contributed by atoms with Crippen molar-refractivity contribution in [2.45, 2.75) is 25.5 Å². The predicted molar refractivity (Wildman–Crippen MR) is 72.2 cm³/mol. The zero-order valence-corrected chi connectivity index (χ0v) is 11.6. The molecule has 7 heteroatoms. The van der Waals surface area contributed by atoms with Gasteiger partial charge in [0.2, 0.25) is 5.91 Å². The molecule has 1 aromatic rings. The van der Waals surface area contributed by atoms with Gasteiger partial charge in [-0.05, 0) is 26.0 Å². The van der Waals surface area contributed by atoms with Crippen LogP contribution in [0.2, 0.25) is 0 Å². The first-order valence-corrected chi connectivity index (χ1v) is 6.25. The second-order valence-electron chi connectivity index (χ2n) is 4.26. The minimum absolute atomic E-state index is 0.109. The van der Waals surface area contributed by atoms with Gasteiger partial charge in [0, 0.05) is 13.1 Å². The highest BCUT2D eigenvalue weighted by molar-refractivity contribution is 8.15. The minimum Gasteiger partial charge on any atom is -0.476 e. The number of carboxylic acids is 1. The number of aromatic carboxylic acids is 1. The topological polar surface area (TPSA) is 96.4 Å². The summed E-state index contributed by atoms with van der Waals surface area (Å²) in [6.07, 6.45) is 1.33. The Morgan fingerprint density at radius 3 is 2.53 bits per heavy atom. The van der Waals surface area contributed by atoms with Crippen molar-refractivity contribution in [3.63, 3.8) is 0 Å². The fourth-order valence-electron chi connectivity index (χ4n) is 1.36. The summed E-state index contributed by atoms with van der Waals surface area (Å²) in [6.45, 7) is 4.54. The molecule has 0 saturated carbocycles. The van der Waals surface area contributed by atoms with Crippen LogP contribution < -0.4 is 5.32 Å². The van der Waals surface area contributed by atoms with E-state index in [1.165, 1.54) is 25.3 Å². The molecule has 0 aliphatic heterocycles. The molecule has 102 valence electrons. The van der Waals surface area contributed by atoms with E-state index < -0.39 is 16.6 Å². The van der Waals surface area contributed by atoms with Crippen LogP contribution in [0.3, 0.4) is 0 Å². The number of thioether (sulfide) groups is 1. The Bertz CT molecular complexity index is 528. The first-order valence-electron chi connectivity index (χ1n) is 5.43. The number of hydrogen-bond acceptors (Lipinski definition) is 5. The Balaban J connectivity index is 2.94. The number of carbonyl (C=O) groups is 3. The monoisotopic (exact) mass is 282 g/mol. The molecule has 0 fully saturated rings. The van der Waals surface area contributed by atoms with Crippen LogP contribution >= 0.6 is 11.8 Å². The number of aromatic nitrogens is 1. The standard InChI is InChI=1S/C12H14N2O4S/c1-7(15)19-12(2,3)11(18)14-8-5-4-6-13-9(8)10(16)17/h4-6H,1-3H3,(H,14,18)(H,16,17). The number of carbonyl (C=O) groups excluding carboxylic acids is 2. The maximum Gasteiger partial charge on any atom is 0.356 e. The fourth-order valence-corrected chi connectivity index (χ4v) is 2.22. The van der Waals surface area contributed by atoms with Gasteiger partial charge in [-0.15, -0.1) is 0 Å². The van der Waals surface area contributed by atoms with E-state index in [-0.39, 0.29) is 16.5 Å². The third-order valence-electron chi connectivity index (χ3n) is 2.20. The van der Waals surface area contributed by atoms with Gasteiger partial charge in [0.25, 0.3) is 0 Å². The van der Waals surface area contributed by atoms with Crippen LogP contribution in [0.25, 0.3) is 0 Å². The highest BCUT2D eigenvalue weighted by atomic mass is 32.2. The molecule has 0 radical (unpaired) electrons. The average molecular weight is 282 g/mol. The van der Waals surface area contributed by atoms with Crippen LogP contribution in [-0.2, 0) is 9.59 Å². The lowest BCUT2D eigenvalue weighted by atomic mass is 10.2. The lowest BCUT2D eigenvalue weighted by molar-refractivity contribution is -0.118. The third kappa shape index (κ3) is 4.06. The van der Waals surface area contributed by atoms with Crippen LogP contribution in [0, 0.1) is 0 Å². The number of pyridine rings is 1. The molecular weight excluding hydrogens is 268 g/mol. The fraction of sp³-hybridized carbons (Fsp3) is 0.333. The lowest BCUT2D eigenvalue weighted by Gasteiger charge is -2.21. The summed E-state index contributed by atoms with van der Waals surface area (Å²) in [5.74, 6) is -1.68. The molecule has 0 atom stereocenters. The summed E-state index contributed by atoms with van der Waals surface area (Å²) in [6, 6.07) is 2.97. The zero-order chi connectivity index (χ0) is 14.6. The second kappa shape index (κ2) is 5.83. The molecule has 1 rings (SSSR count). The van der Waals surface area contributed by atoms with Crippen LogP contribution in [0.5, 0.6) is 0 Å². The Morgan fingerprint density at radius 1 is 1.37 bits per heavy atom. The molecule has 1 heterocycles. The Hall–Kier alpha value is -1.89. The van der Waals surface area contributed by atoms with E-state index in [1.54, 1.807) is 13.8 Å². The molecule has 0 saturated heterocycles. The molecule has 2 N–H and O–H groups in total. The summed E-state index contributed by atoms with van der Waals surface area (Å²) in [7, 11) is 0. The second-order valence-corrected chi connectivity index (χ2v) is 6.06. The van der Waals surface area contributed by atoms with Crippen molar-refractivity contribution in [3.8, 4) is 0 Å². The summed E-state index contributed by atoms with van der Waals surface area (Å²) < 4.78 is -0.989. The zero-order valence-electron chi connectivity index (χ0n) is 10.8. The molecule has 0 aromatic carbocycles. The van der Waals surface area contributed by atoms with Gasteiger partial charge in [-0.2, -0.15) is 0 Å². The maximum atomic E-state index is 12.0. The smallest absolute Gasteiger partial charge is 0.356 e. The van der Waals surface area contributed by atoms with E-state index in [1.807, 2.05) is 0 Å². The first-order chi connectivity index (χ1) is 8.74. The number of carboxylic acid groups (broad SMARTS) is 1. The van der Waals surface area contributed by atoms with Crippen molar-refractivity contribution in [2.75, 3.05) is 5.32 Å². The van der Waals surface area contributed by atoms with E-state index in [2.05, 4.69) is 10.3 Å². The number of amides is 1. The van der Waals surface area contributed by atoms with Crippen molar-refractivity contribution in [1.82, 2.24) is 4.98 Å². The highest BCUT2D eigenvalue weighted by Crippen LogP contribution is 2.27. The first kappa shape index (κ1) is 15.2. The van der Waals surface area contributed by atoms with Gasteiger partial charge in [0.1, 0.15) is 0 Å². The lowest BCUT2D eigenvalue weighted by Crippen LogP contribution is -2.35. The quantitative estimate of drug-likeness (QED) is 0.873. The van der Waals surface area contributed by atoms with E-state index >= 15 is 0 Å². The van der Waals surface area contributed by atoms with Gasteiger partial charge in [-0.25, -0.2) is 9.78 Å². The molecule has 0 spiro atoms. The molecule has 6 nitrogen and oxygen atoms in total. The number of hydrogen-bond donors (Lipinski definition) is 2. The minimum atomic E-state index is -1.23. The predicted octanol–water partition coefficient (Wildman–Crippen LogP) is 1.78. The number of rotatable bonds is 4. The van der Waals surface area contributed by atoms with Crippen molar-refractivity contribution in [1.29, 1.82) is 0 Å². The SMILES string of the molecule is CC(=O)SC(C)(C)C(=O)Nc1cccnc1C(=O)O. The van der Waals surface area contributed by atoms with Crippen LogP contribution in [0.15, 0.2) is 18.3 Å². The molecule has 19 heavy (non-hydrogen) atoms. The van der Waals surface area contributed by atoms with Gasteiger partial charge < -0.3 is 10.4 Å². The molecule has 0 aliphatic rings. The Morgan fingerprint density at radius 2 is 2.00 bits per heavy atom. The van der Waals surface area contributed by atoms with Gasteiger partial charge in [0.05, 0.1) is 10.4 Å². The van der Waals surface area contributed by atoms with E-state index in [9.17, 15) is 14.4 Å². The summed E-state index contributed by atoms with van der Waals surface area (Å²) in [4.78, 5) is 37.8. The third-order valence-corrected chi connectivity index (χ3v) is 3.19. The van der Waals surface area contributed by atoms with Crippen molar-refractivity contribution >= 4 is 34.4 Å². The van der Waals surface area contributed by atoms with E-state index in [0.717, 1.165) is 11.8 Å². The molecule has 1 aromatic heterocycles. The Kier molecular flexibility index (Phi) is 4.66. The molecular formula is C12H14N2O4S. The van der Waals surface area contributed by atoms with Gasteiger partial charge in [-0.1, -0.05) is 11.8 Å².